The van der Waals surface area contributed by atoms with E-state index in [0.29, 0.717) is 43.1 Å². The number of nitrogens with zero attached hydrogens (tertiary/aromatic N) is 3. The average Bonchev–Trinajstić information content (AvgIpc) is 3.68. The lowest BCUT2D eigenvalue weighted by Crippen LogP contribution is -2.45. The Morgan fingerprint density at radius 3 is 2.62 bits per heavy atom. The Morgan fingerprint density at radius 1 is 1.00 bits per heavy atom. The minimum atomic E-state index is -0.202. The fourth-order valence-electron chi connectivity index (χ4n) is 5.69. The van der Waals surface area contributed by atoms with Crippen LogP contribution in [0.5, 0.6) is 0 Å². The highest BCUT2D eigenvalue weighted by molar-refractivity contribution is 5.81. The van der Waals surface area contributed by atoms with E-state index in [1.54, 1.807) is 7.11 Å². The van der Waals surface area contributed by atoms with Gasteiger partial charge < -0.3 is 19.5 Å². The molecule has 0 bridgehead atoms. The third-order valence-electron chi connectivity index (χ3n) is 7.74. The highest BCUT2D eigenvalue weighted by Gasteiger charge is 2.38. The van der Waals surface area contributed by atoms with Crippen molar-refractivity contribution >= 4 is 11.8 Å². The molecule has 8 nitrogen and oxygen atoms in total. The van der Waals surface area contributed by atoms with E-state index >= 15 is 0 Å². The minimum Gasteiger partial charge on any atom is -0.381 e. The topological polar surface area (TPSA) is 95.6 Å². The minimum absolute atomic E-state index is 0.0229. The molecule has 2 aliphatic heterocycles. The van der Waals surface area contributed by atoms with Gasteiger partial charge in [0.2, 0.25) is 11.8 Å². The first-order valence-electron chi connectivity index (χ1n) is 12.3. The molecule has 174 valence electrons. The molecule has 1 aromatic rings. The van der Waals surface area contributed by atoms with Gasteiger partial charge in [0.05, 0.1) is 24.4 Å². The van der Waals surface area contributed by atoms with Gasteiger partial charge in [0, 0.05) is 37.6 Å². The van der Waals surface area contributed by atoms with Gasteiger partial charge in [0.1, 0.15) is 5.82 Å². The second kappa shape index (κ2) is 8.96. The van der Waals surface area contributed by atoms with Gasteiger partial charge in [-0.1, -0.05) is 6.42 Å². The summed E-state index contributed by atoms with van der Waals surface area (Å²) in [6, 6.07) is -0.202. The van der Waals surface area contributed by atoms with Gasteiger partial charge in [0.15, 0.2) is 0 Å². The zero-order valence-corrected chi connectivity index (χ0v) is 19.0. The molecule has 4 aliphatic rings. The van der Waals surface area contributed by atoms with Crippen molar-refractivity contribution < 1.29 is 14.3 Å². The maximum atomic E-state index is 13.5. The van der Waals surface area contributed by atoms with Crippen molar-refractivity contribution in [1.82, 2.24) is 19.8 Å². The van der Waals surface area contributed by atoms with Crippen molar-refractivity contribution in [2.24, 2.45) is 11.8 Å². The summed E-state index contributed by atoms with van der Waals surface area (Å²) in [7, 11) is 1.72. The quantitative estimate of drug-likeness (QED) is 0.772. The number of hydrogen-bond donors (Lipinski definition) is 1. The number of carbonyl (C=O) groups is 2. The molecule has 2 aliphatic carbocycles. The third kappa shape index (κ3) is 4.21. The van der Waals surface area contributed by atoms with Gasteiger partial charge in [-0.15, -0.1) is 0 Å². The Balaban J connectivity index is 1.38. The average molecular weight is 443 g/mol. The summed E-state index contributed by atoms with van der Waals surface area (Å²) in [5.74, 6) is 1.09. The molecule has 1 N–H and O–H groups in total. The predicted octanol–water partition coefficient (Wildman–Crippen LogP) is 2.32. The van der Waals surface area contributed by atoms with E-state index in [9.17, 15) is 14.4 Å². The van der Waals surface area contributed by atoms with E-state index in [2.05, 4.69) is 4.98 Å². The maximum Gasteiger partial charge on any atom is 0.254 e. The summed E-state index contributed by atoms with van der Waals surface area (Å²) in [5.41, 5.74) is 1.29. The SMILES string of the molecule is CO[C@@H]1CCC[C@H](C(=O)N2CCCC[C@H]2c2nc3c(c(=O)[nH]2)CCN(C(=O)C2CC2)C3)C1. The molecule has 3 atom stereocenters. The summed E-state index contributed by atoms with van der Waals surface area (Å²) in [6.45, 7) is 1.69. The van der Waals surface area contributed by atoms with Crippen molar-refractivity contribution in [3.05, 3.63) is 27.4 Å². The highest BCUT2D eigenvalue weighted by atomic mass is 16.5. The number of carbonyl (C=O) groups excluding carboxylic acids is 2. The summed E-state index contributed by atoms with van der Waals surface area (Å²) < 4.78 is 5.54. The lowest BCUT2D eigenvalue weighted by atomic mass is 9.85. The van der Waals surface area contributed by atoms with Gasteiger partial charge in [-0.2, -0.15) is 0 Å². The molecule has 0 radical (unpaired) electrons. The Kier molecular flexibility index (Phi) is 6.05. The Hall–Kier alpha value is -2.22. The van der Waals surface area contributed by atoms with Crippen LogP contribution in [0.4, 0.5) is 0 Å². The fraction of sp³-hybridized carbons (Fsp3) is 0.750. The van der Waals surface area contributed by atoms with Crippen molar-refractivity contribution in [3.63, 3.8) is 0 Å². The second-order valence-corrected chi connectivity index (χ2v) is 9.92. The number of aromatic amines is 1. The monoisotopic (exact) mass is 442 g/mol. The fourth-order valence-corrected chi connectivity index (χ4v) is 5.69. The Bertz CT molecular complexity index is 940. The molecular weight excluding hydrogens is 408 g/mol. The summed E-state index contributed by atoms with van der Waals surface area (Å²) in [4.78, 5) is 50.6. The first kappa shape index (κ1) is 21.6. The van der Waals surface area contributed by atoms with Crippen LogP contribution >= 0.6 is 0 Å². The second-order valence-electron chi connectivity index (χ2n) is 9.92. The number of hydrogen-bond acceptors (Lipinski definition) is 5. The molecule has 1 saturated heterocycles. The van der Waals surface area contributed by atoms with Crippen LogP contribution in [0.25, 0.3) is 0 Å². The number of rotatable bonds is 4. The number of ether oxygens (including phenoxy) is 1. The van der Waals surface area contributed by atoms with Crippen LogP contribution < -0.4 is 5.56 Å². The van der Waals surface area contributed by atoms with Crippen LogP contribution in [-0.4, -0.2) is 57.9 Å². The number of H-pyrrole nitrogens is 1. The van der Waals surface area contributed by atoms with Crippen molar-refractivity contribution in [2.75, 3.05) is 20.2 Å². The summed E-state index contributed by atoms with van der Waals surface area (Å²) >= 11 is 0. The van der Waals surface area contributed by atoms with Gasteiger partial charge in [0.25, 0.3) is 5.56 Å². The Morgan fingerprint density at radius 2 is 1.84 bits per heavy atom. The van der Waals surface area contributed by atoms with Crippen LogP contribution in [0.15, 0.2) is 4.79 Å². The molecule has 32 heavy (non-hydrogen) atoms. The first-order valence-corrected chi connectivity index (χ1v) is 12.3. The van der Waals surface area contributed by atoms with Crippen molar-refractivity contribution in [3.8, 4) is 0 Å². The predicted molar refractivity (Wildman–Crippen MR) is 118 cm³/mol. The van der Waals surface area contributed by atoms with E-state index in [1.165, 1.54) is 0 Å². The van der Waals surface area contributed by atoms with Gasteiger partial charge in [-0.05, 0) is 57.8 Å². The lowest BCUT2D eigenvalue weighted by Gasteiger charge is -2.39. The van der Waals surface area contributed by atoms with Crippen LogP contribution in [-0.2, 0) is 27.3 Å². The molecule has 1 aromatic heterocycles. The third-order valence-corrected chi connectivity index (χ3v) is 7.74. The highest BCUT2D eigenvalue weighted by Crippen LogP contribution is 2.35. The van der Waals surface area contributed by atoms with Gasteiger partial charge >= 0.3 is 0 Å². The van der Waals surface area contributed by atoms with E-state index < -0.39 is 0 Å². The molecule has 0 aromatic carbocycles. The smallest absolute Gasteiger partial charge is 0.254 e. The Labute approximate surface area is 188 Å². The lowest BCUT2D eigenvalue weighted by molar-refractivity contribution is -0.142. The van der Waals surface area contributed by atoms with Gasteiger partial charge in [-0.3, -0.25) is 14.4 Å². The van der Waals surface area contributed by atoms with Crippen LogP contribution in [0.2, 0.25) is 0 Å². The number of methoxy groups -OCH3 is 1. The molecule has 0 unspecified atom stereocenters. The number of amides is 2. The first-order chi connectivity index (χ1) is 15.5. The molecule has 8 heteroatoms. The van der Waals surface area contributed by atoms with Crippen LogP contribution in [0.3, 0.4) is 0 Å². The van der Waals surface area contributed by atoms with E-state index in [-0.39, 0.29) is 41.4 Å². The molecular formula is C24H34N4O4. The molecule has 3 fully saturated rings. The van der Waals surface area contributed by atoms with Crippen LogP contribution in [0.1, 0.15) is 80.9 Å². The zero-order chi connectivity index (χ0) is 22.2. The van der Waals surface area contributed by atoms with Crippen LogP contribution in [0, 0.1) is 11.8 Å². The standard InChI is InChI=1S/C24H34N4O4/c1-32-17-6-4-5-16(13-17)24(31)28-11-3-2-7-20(28)21-25-19-14-27(23(30)15-8-9-15)12-10-18(19)22(29)26-21/h15-17,20H,2-14H2,1H3,(H,25,26,29)/t16-,17+,20-/m0/s1. The molecule has 5 rings (SSSR count). The molecule has 0 spiro atoms. The number of likely N-dealkylation sites (tertiary alicyclic amines) is 1. The summed E-state index contributed by atoms with van der Waals surface area (Å²) in [5, 5.41) is 0. The number of piperidine rings is 1. The van der Waals surface area contributed by atoms with Crippen molar-refractivity contribution in [1.29, 1.82) is 0 Å². The number of nitrogens with one attached hydrogen (secondary N) is 1. The molecule has 3 heterocycles. The van der Waals surface area contributed by atoms with E-state index in [4.69, 9.17) is 9.72 Å². The molecule has 2 saturated carbocycles. The maximum absolute atomic E-state index is 13.5. The van der Waals surface area contributed by atoms with E-state index in [1.807, 2.05) is 9.80 Å². The van der Waals surface area contributed by atoms with E-state index in [0.717, 1.165) is 57.8 Å². The van der Waals surface area contributed by atoms with Crippen molar-refractivity contribution in [2.45, 2.75) is 82.9 Å². The largest absolute Gasteiger partial charge is 0.381 e. The zero-order valence-electron chi connectivity index (χ0n) is 19.0. The van der Waals surface area contributed by atoms with Gasteiger partial charge in [-0.25, -0.2) is 4.98 Å². The summed E-state index contributed by atoms with van der Waals surface area (Å²) in [6.07, 6.45) is 9.11. The number of fused-ring (bicyclic) bond motifs is 1. The normalized spacial score (nSPS) is 28.3. The number of aromatic nitrogens is 2. The molecule has 2 amide bonds.